The number of hydrogen-bond donors (Lipinski definition) is 1. The van der Waals surface area contributed by atoms with Crippen LogP contribution in [0.25, 0.3) is 0 Å². The topological polar surface area (TPSA) is 95.7 Å². The lowest BCUT2D eigenvalue weighted by atomic mass is 9.75. The summed E-state index contributed by atoms with van der Waals surface area (Å²) in [6.45, 7) is 2.99. The van der Waals surface area contributed by atoms with Gasteiger partial charge in [0.1, 0.15) is 6.61 Å². The summed E-state index contributed by atoms with van der Waals surface area (Å²) in [5.74, 6) is -0.164. The van der Waals surface area contributed by atoms with E-state index in [4.69, 9.17) is 9.15 Å². The van der Waals surface area contributed by atoms with Crippen LogP contribution in [0.5, 0.6) is 0 Å². The quantitative estimate of drug-likeness (QED) is 0.475. The van der Waals surface area contributed by atoms with Crippen LogP contribution in [0.4, 0.5) is 26.3 Å². The molecule has 186 valence electrons. The molecule has 2 aliphatic rings. The minimum atomic E-state index is -4.68. The van der Waals surface area contributed by atoms with Crippen molar-refractivity contribution >= 4 is 5.91 Å². The summed E-state index contributed by atoms with van der Waals surface area (Å²) in [5.41, 5.74) is 0.364. The van der Waals surface area contributed by atoms with E-state index < -0.39 is 37.4 Å². The lowest BCUT2D eigenvalue weighted by molar-refractivity contribution is -0.357. The Bertz CT molecular complexity index is 816. The Morgan fingerprint density at radius 2 is 1.76 bits per heavy atom. The first kappa shape index (κ1) is 25.4. The van der Waals surface area contributed by atoms with Gasteiger partial charge in [0.15, 0.2) is 0 Å². The van der Waals surface area contributed by atoms with Gasteiger partial charge in [-0.15, -0.1) is 36.5 Å². The van der Waals surface area contributed by atoms with E-state index in [0.29, 0.717) is 43.2 Å². The van der Waals surface area contributed by atoms with E-state index in [-0.39, 0.29) is 31.3 Å². The van der Waals surface area contributed by atoms with Crippen molar-refractivity contribution in [3.8, 4) is 0 Å². The molecule has 2 aliphatic carbocycles. The molecular weight excluding hydrogens is 464 g/mol. The molecule has 1 heterocycles. The lowest BCUT2D eigenvalue weighted by Crippen LogP contribution is -2.42. The van der Waals surface area contributed by atoms with Gasteiger partial charge in [-0.05, 0) is 25.2 Å². The Hall–Kier alpha value is -2.19. The van der Waals surface area contributed by atoms with Crippen molar-refractivity contribution in [1.29, 1.82) is 0 Å². The molecule has 33 heavy (non-hydrogen) atoms. The van der Waals surface area contributed by atoms with E-state index in [1.807, 2.05) is 0 Å². The van der Waals surface area contributed by atoms with Crippen LogP contribution >= 0.6 is 0 Å². The molecule has 2 fully saturated rings. The molecule has 3 rings (SSSR count). The monoisotopic (exact) mass is 487 g/mol. The van der Waals surface area contributed by atoms with E-state index >= 15 is 0 Å². The van der Waals surface area contributed by atoms with Gasteiger partial charge in [0.05, 0.1) is 18.8 Å². The third-order valence-electron chi connectivity index (χ3n) is 5.31. The van der Waals surface area contributed by atoms with Gasteiger partial charge < -0.3 is 14.5 Å². The number of amides is 1. The van der Waals surface area contributed by atoms with Crippen molar-refractivity contribution in [3.63, 3.8) is 0 Å². The van der Waals surface area contributed by atoms with Gasteiger partial charge in [0.2, 0.25) is 17.7 Å². The van der Waals surface area contributed by atoms with Gasteiger partial charge >= 0.3 is 12.7 Å². The molecule has 8 nitrogen and oxygen atoms in total. The summed E-state index contributed by atoms with van der Waals surface area (Å²) in [6.07, 6.45) is -9.12. The maximum Gasteiger partial charge on any atom is 0.522 e. The van der Waals surface area contributed by atoms with Crippen LogP contribution in [0.2, 0.25) is 0 Å². The highest BCUT2D eigenvalue weighted by Crippen LogP contribution is 2.41. The average molecular weight is 487 g/mol. The number of halogens is 6. The maximum absolute atomic E-state index is 12.1. The third-order valence-corrected chi connectivity index (χ3v) is 5.31. The second-order valence-electron chi connectivity index (χ2n) is 8.07. The molecule has 0 aromatic carbocycles. The van der Waals surface area contributed by atoms with Gasteiger partial charge in [-0.3, -0.25) is 14.3 Å². The summed E-state index contributed by atoms with van der Waals surface area (Å²) >= 11 is 0. The second kappa shape index (κ2) is 10.4. The first-order valence-corrected chi connectivity index (χ1v) is 10.2. The Morgan fingerprint density at radius 3 is 2.39 bits per heavy atom. The number of carbonyl (C=O) groups is 1. The minimum absolute atomic E-state index is 0.0598. The van der Waals surface area contributed by atoms with Gasteiger partial charge in [0.25, 0.3) is 0 Å². The van der Waals surface area contributed by atoms with Crippen LogP contribution in [-0.2, 0) is 25.4 Å². The summed E-state index contributed by atoms with van der Waals surface area (Å²) in [7, 11) is 0. The summed E-state index contributed by atoms with van der Waals surface area (Å²) < 4.78 is 90.7. The highest BCUT2D eigenvalue weighted by molar-refractivity contribution is 5.78. The highest BCUT2D eigenvalue weighted by atomic mass is 19.4. The number of hydrogen-bond acceptors (Lipinski definition) is 7. The molecule has 0 radical (unpaired) electrons. The van der Waals surface area contributed by atoms with E-state index in [9.17, 15) is 31.1 Å². The normalized spacial score (nSPS) is 25.3. The van der Waals surface area contributed by atoms with Crippen LogP contribution in [0.1, 0.15) is 49.8 Å². The van der Waals surface area contributed by atoms with Crippen LogP contribution in [-0.4, -0.2) is 54.3 Å². The van der Waals surface area contributed by atoms with Crippen molar-refractivity contribution in [1.82, 2.24) is 15.5 Å². The largest absolute Gasteiger partial charge is 0.522 e. The molecule has 0 bridgehead atoms. The van der Waals surface area contributed by atoms with Crippen LogP contribution in [0.15, 0.2) is 16.7 Å². The van der Waals surface area contributed by atoms with Crippen molar-refractivity contribution in [3.05, 3.63) is 24.1 Å². The van der Waals surface area contributed by atoms with Crippen molar-refractivity contribution in [2.24, 2.45) is 5.92 Å². The number of alkyl halides is 6. The fraction of sp³-hybridized carbons (Fsp3) is 0.737. The average Bonchev–Trinajstić information content (AvgIpc) is 3.07. The Balaban J connectivity index is 1.26. The van der Waals surface area contributed by atoms with E-state index in [1.165, 1.54) is 0 Å². The van der Waals surface area contributed by atoms with Crippen LogP contribution < -0.4 is 5.32 Å². The van der Waals surface area contributed by atoms with Gasteiger partial charge in [-0.1, -0.05) is 6.58 Å². The number of carbonyl (C=O) groups excluding carboxylic acids is 1. The molecule has 0 saturated heterocycles. The molecular formula is C19H23F6N3O5. The fourth-order valence-electron chi connectivity index (χ4n) is 3.50. The molecule has 0 spiro atoms. The Labute approximate surface area is 184 Å². The van der Waals surface area contributed by atoms with Crippen molar-refractivity contribution in [2.75, 3.05) is 13.2 Å². The summed E-state index contributed by atoms with van der Waals surface area (Å²) in [5, 5.41) is 10.3. The van der Waals surface area contributed by atoms with Gasteiger partial charge in [-0.2, -0.15) is 0 Å². The summed E-state index contributed by atoms with van der Waals surface area (Å²) in [4.78, 5) is 11.9. The smallest absolute Gasteiger partial charge is 0.425 e. The Kier molecular flexibility index (Phi) is 8.00. The number of ether oxygens (including phenoxy) is 3. The van der Waals surface area contributed by atoms with E-state index in [1.54, 1.807) is 0 Å². The molecule has 1 aromatic rings. The number of allylic oxidation sites excluding steroid dienone is 1. The van der Waals surface area contributed by atoms with Gasteiger partial charge in [-0.25, -0.2) is 0 Å². The standard InChI is InChI=1S/C19H23F6N3O5/c1-10(26-15(29)9-30-13-6-14(7-13)33-19(23,24)25)2-3-16-27-28-17(32-16)12-4-11(5-12)8-31-18(20,21)22/h11-14H,1-9H2,(H,26,29). The first-order valence-electron chi connectivity index (χ1n) is 10.2. The van der Waals surface area contributed by atoms with E-state index in [0.717, 1.165) is 0 Å². The first-order chi connectivity index (χ1) is 15.4. The minimum Gasteiger partial charge on any atom is -0.425 e. The zero-order chi connectivity index (χ0) is 24.2. The molecule has 1 amide bonds. The van der Waals surface area contributed by atoms with Crippen LogP contribution in [0.3, 0.4) is 0 Å². The van der Waals surface area contributed by atoms with Crippen molar-refractivity contribution in [2.45, 2.75) is 69.4 Å². The van der Waals surface area contributed by atoms with E-state index in [2.05, 4.69) is 31.6 Å². The van der Waals surface area contributed by atoms with Crippen molar-refractivity contribution < 1.29 is 49.8 Å². The molecule has 2 saturated carbocycles. The zero-order valence-electron chi connectivity index (χ0n) is 17.4. The fourth-order valence-corrected chi connectivity index (χ4v) is 3.50. The second-order valence-corrected chi connectivity index (χ2v) is 8.07. The van der Waals surface area contributed by atoms with Gasteiger partial charge in [0, 0.05) is 30.9 Å². The molecule has 0 unspecified atom stereocenters. The number of nitrogens with zero attached hydrogens (tertiary/aromatic N) is 2. The third kappa shape index (κ3) is 8.59. The zero-order valence-corrected chi connectivity index (χ0v) is 17.4. The highest BCUT2D eigenvalue weighted by Gasteiger charge is 2.41. The number of rotatable bonds is 11. The summed E-state index contributed by atoms with van der Waals surface area (Å²) in [6, 6.07) is 0. The Morgan fingerprint density at radius 1 is 1.06 bits per heavy atom. The molecule has 0 atom stereocenters. The molecule has 1 N–H and O–H groups in total. The lowest BCUT2D eigenvalue weighted by Gasteiger charge is -2.34. The molecule has 1 aromatic heterocycles. The SMILES string of the molecule is C=C(CCc1nnc(C2CC(COC(F)(F)F)C2)o1)NC(=O)COC1CC(OC(F)(F)F)C1. The number of aromatic nitrogens is 2. The number of aryl methyl sites for hydroxylation is 1. The maximum atomic E-state index is 12.1. The predicted octanol–water partition coefficient (Wildman–Crippen LogP) is 3.75. The molecule has 14 heteroatoms. The van der Waals surface area contributed by atoms with Crippen LogP contribution in [0, 0.1) is 5.92 Å². The predicted molar refractivity (Wildman–Crippen MR) is 97.3 cm³/mol. The molecule has 0 aliphatic heterocycles. The number of nitrogens with one attached hydrogen (secondary N) is 1.